The summed E-state index contributed by atoms with van der Waals surface area (Å²) in [5.41, 5.74) is 0. The standard InChI is InChI=1S/C42H92N2O10Si4/c1-39(2,3)55(13,14)51-28-22-24-43(37(45)35-49-32-34-53-57(17,18)41(7,8)9)25-29-47-27-21-23-44(38(46)36-50-54-58(19,20)42(10,11)12)26-30-48-31-33-52-56(15,16)40(4,5)6/h21-36H2,1-20H3. The summed E-state index contributed by atoms with van der Waals surface area (Å²) in [5, 5.41) is 0.323. The van der Waals surface area contributed by atoms with Gasteiger partial charge in [0.1, 0.15) is 6.61 Å². The summed E-state index contributed by atoms with van der Waals surface area (Å²) in [6, 6.07) is 0. The van der Waals surface area contributed by atoms with E-state index in [1.807, 2.05) is 4.90 Å². The first-order chi connectivity index (χ1) is 26.2. The Morgan fingerprint density at radius 2 is 0.741 bits per heavy atom. The quantitative estimate of drug-likeness (QED) is 0.0312. The Morgan fingerprint density at radius 3 is 1.16 bits per heavy atom. The summed E-state index contributed by atoms with van der Waals surface area (Å²) >= 11 is 0. The molecule has 0 bridgehead atoms. The van der Waals surface area contributed by atoms with Gasteiger partial charge in [-0.05, 0) is 85.4 Å². The second kappa shape index (κ2) is 25.0. The molecule has 0 fully saturated rings. The van der Waals surface area contributed by atoms with E-state index in [0.717, 1.165) is 6.42 Å². The van der Waals surface area contributed by atoms with Crippen LogP contribution in [0.3, 0.4) is 0 Å². The van der Waals surface area contributed by atoms with E-state index in [9.17, 15) is 9.59 Å². The fraction of sp³-hybridized carbons (Fsp3) is 0.952. The number of hydrogen-bond acceptors (Lipinski definition) is 10. The molecule has 0 aromatic rings. The van der Waals surface area contributed by atoms with Gasteiger partial charge in [-0.3, -0.25) is 14.2 Å². The van der Waals surface area contributed by atoms with Gasteiger partial charge in [0.05, 0.1) is 39.6 Å². The van der Waals surface area contributed by atoms with Crippen LogP contribution in [-0.2, 0) is 46.5 Å². The predicted octanol–water partition coefficient (Wildman–Crippen LogP) is 9.49. The van der Waals surface area contributed by atoms with Crippen LogP contribution >= 0.6 is 0 Å². The minimum Gasteiger partial charge on any atom is -0.417 e. The van der Waals surface area contributed by atoms with Crippen molar-refractivity contribution in [3.8, 4) is 0 Å². The molecule has 0 aliphatic heterocycles. The second-order valence-corrected chi connectivity index (χ2v) is 40.8. The highest BCUT2D eigenvalue weighted by Crippen LogP contribution is 2.39. The molecule has 346 valence electrons. The van der Waals surface area contributed by atoms with Crippen LogP contribution in [0.4, 0.5) is 0 Å². The van der Waals surface area contributed by atoms with Crippen LogP contribution < -0.4 is 0 Å². The fourth-order valence-electron chi connectivity index (χ4n) is 4.27. The molecule has 0 aliphatic carbocycles. The zero-order valence-electron chi connectivity index (χ0n) is 41.3. The van der Waals surface area contributed by atoms with Crippen molar-refractivity contribution in [2.75, 3.05) is 92.2 Å². The topological polar surface area (TPSA) is 114 Å². The summed E-state index contributed by atoms with van der Waals surface area (Å²) < 4.78 is 42.4. The molecule has 0 saturated heterocycles. The van der Waals surface area contributed by atoms with Crippen molar-refractivity contribution in [1.29, 1.82) is 0 Å². The molecule has 0 aromatic heterocycles. The van der Waals surface area contributed by atoms with Crippen LogP contribution in [0.15, 0.2) is 0 Å². The van der Waals surface area contributed by atoms with Crippen LogP contribution in [0.5, 0.6) is 0 Å². The molecule has 0 unspecified atom stereocenters. The van der Waals surface area contributed by atoms with Gasteiger partial charge in [-0.15, -0.1) is 0 Å². The number of ether oxygens (including phenoxy) is 3. The first-order valence-electron chi connectivity index (χ1n) is 21.7. The number of carbonyl (C=O) groups is 2. The van der Waals surface area contributed by atoms with Crippen LogP contribution in [0.2, 0.25) is 72.5 Å². The molecule has 0 spiro atoms. The Kier molecular flexibility index (Phi) is 24.7. The minimum atomic E-state index is -2.18. The Balaban J connectivity index is 5.27. The van der Waals surface area contributed by atoms with Gasteiger partial charge in [-0.25, -0.2) is 4.89 Å². The van der Waals surface area contributed by atoms with Crippen LogP contribution in [0.1, 0.15) is 95.9 Å². The van der Waals surface area contributed by atoms with E-state index in [1.54, 1.807) is 4.90 Å². The number of carbonyl (C=O) groups excluding carboxylic acids is 2. The van der Waals surface area contributed by atoms with Crippen LogP contribution in [0, 0.1) is 0 Å². The lowest BCUT2D eigenvalue weighted by Crippen LogP contribution is -2.43. The van der Waals surface area contributed by atoms with E-state index in [-0.39, 0.29) is 45.2 Å². The second-order valence-electron chi connectivity index (χ2n) is 21.7. The molecule has 0 saturated carbocycles. The maximum absolute atomic E-state index is 13.4. The maximum atomic E-state index is 13.4. The predicted molar refractivity (Wildman–Crippen MR) is 249 cm³/mol. The summed E-state index contributed by atoms with van der Waals surface area (Å²) in [6.45, 7) is 49.3. The Morgan fingerprint density at radius 1 is 0.397 bits per heavy atom. The molecule has 0 atom stereocenters. The van der Waals surface area contributed by atoms with E-state index < -0.39 is 33.3 Å². The third-order valence-corrected chi connectivity index (χ3v) is 30.5. The van der Waals surface area contributed by atoms with Crippen molar-refractivity contribution in [3.05, 3.63) is 0 Å². The molecular formula is C42H92N2O10Si4. The molecule has 58 heavy (non-hydrogen) atoms. The number of hydrogen-bond donors (Lipinski definition) is 0. The van der Waals surface area contributed by atoms with E-state index in [0.29, 0.717) is 85.5 Å². The van der Waals surface area contributed by atoms with E-state index in [4.69, 9.17) is 37.0 Å². The molecule has 0 heterocycles. The first-order valence-corrected chi connectivity index (χ1v) is 33.3. The van der Waals surface area contributed by atoms with Crippen LogP contribution in [0.25, 0.3) is 0 Å². The lowest BCUT2D eigenvalue weighted by Gasteiger charge is -2.36. The molecule has 12 nitrogen and oxygen atoms in total. The highest BCUT2D eigenvalue weighted by molar-refractivity contribution is 6.75. The maximum Gasteiger partial charge on any atom is 0.251 e. The van der Waals surface area contributed by atoms with Gasteiger partial charge in [-0.1, -0.05) is 83.1 Å². The van der Waals surface area contributed by atoms with Crippen molar-refractivity contribution in [3.63, 3.8) is 0 Å². The summed E-state index contributed by atoms with van der Waals surface area (Å²) in [4.78, 5) is 35.8. The molecule has 0 rings (SSSR count). The normalized spacial score (nSPS) is 13.9. The van der Waals surface area contributed by atoms with Crippen molar-refractivity contribution >= 4 is 45.1 Å². The Bertz CT molecular complexity index is 1170. The van der Waals surface area contributed by atoms with Gasteiger partial charge >= 0.3 is 0 Å². The SMILES string of the molecule is CC(C)(C)[Si](C)(C)OCCCN(CCOCCCN(CCOCCO[Si](C)(C)C(C)(C)C)C(=O)COO[Si](C)(C)C(C)(C)C)C(=O)COCCO[Si](C)(C)C(C)(C)C. The van der Waals surface area contributed by atoms with E-state index in [1.165, 1.54) is 0 Å². The van der Waals surface area contributed by atoms with Gasteiger partial charge in [0.15, 0.2) is 31.6 Å². The average Bonchev–Trinajstić information content (AvgIpc) is 3.05. The lowest BCUT2D eigenvalue weighted by atomic mass is 10.2. The van der Waals surface area contributed by atoms with Crippen molar-refractivity contribution in [1.82, 2.24) is 9.80 Å². The highest BCUT2D eigenvalue weighted by atomic mass is 28.4. The van der Waals surface area contributed by atoms with E-state index in [2.05, 4.69) is 135 Å². The summed E-state index contributed by atoms with van der Waals surface area (Å²) in [5.74, 6) is -0.235. The smallest absolute Gasteiger partial charge is 0.251 e. The number of nitrogens with zero attached hydrogens (tertiary/aromatic N) is 2. The third-order valence-electron chi connectivity index (χ3n) is 12.7. The summed E-state index contributed by atoms with van der Waals surface area (Å²) in [7, 11) is -7.81. The van der Waals surface area contributed by atoms with Gasteiger partial charge in [-0.2, -0.15) is 0 Å². The molecular weight excluding hydrogens is 805 g/mol. The van der Waals surface area contributed by atoms with Crippen LogP contribution in [-0.4, -0.2) is 147 Å². The minimum absolute atomic E-state index is 0.00722. The molecule has 2 amide bonds. The van der Waals surface area contributed by atoms with Crippen molar-refractivity contribution in [2.24, 2.45) is 0 Å². The van der Waals surface area contributed by atoms with Crippen molar-refractivity contribution < 1.29 is 46.5 Å². The third kappa shape index (κ3) is 22.0. The average molecular weight is 898 g/mol. The largest absolute Gasteiger partial charge is 0.417 e. The highest BCUT2D eigenvalue weighted by Gasteiger charge is 2.40. The summed E-state index contributed by atoms with van der Waals surface area (Å²) in [6.07, 6.45) is 1.35. The monoisotopic (exact) mass is 897 g/mol. The molecule has 0 aliphatic rings. The van der Waals surface area contributed by atoms with Crippen molar-refractivity contribution in [2.45, 2.75) is 168 Å². The number of amides is 2. The Labute approximate surface area is 360 Å². The Hall–Kier alpha value is -0.512. The molecule has 0 radical (unpaired) electrons. The van der Waals surface area contributed by atoms with Gasteiger partial charge in [0, 0.05) is 39.4 Å². The zero-order valence-corrected chi connectivity index (χ0v) is 45.3. The van der Waals surface area contributed by atoms with Gasteiger partial charge in [0.25, 0.3) is 5.91 Å². The molecule has 0 N–H and O–H groups in total. The molecule has 0 aromatic carbocycles. The number of rotatable bonds is 29. The first kappa shape index (κ1) is 57.5. The lowest BCUT2D eigenvalue weighted by molar-refractivity contribution is -0.223. The van der Waals surface area contributed by atoms with Gasteiger partial charge in [0.2, 0.25) is 14.2 Å². The van der Waals surface area contributed by atoms with Gasteiger partial charge < -0.3 is 37.3 Å². The zero-order chi connectivity index (χ0) is 45.3. The van der Waals surface area contributed by atoms with E-state index >= 15 is 0 Å². The fourth-order valence-corrected chi connectivity index (χ4v) is 8.02. The molecule has 16 heteroatoms.